The van der Waals surface area contributed by atoms with Crippen LogP contribution in [0, 0.1) is 6.92 Å². The summed E-state index contributed by atoms with van der Waals surface area (Å²) in [5.74, 6) is 0.185. The molecule has 1 aliphatic rings. The molecule has 0 aliphatic carbocycles. The van der Waals surface area contributed by atoms with E-state index >= 15 is 0 Å². The van der Waals surface area contributed by atoms with Crippen LogP contribution in [-0.4, -0.2) is 19.3 Å². The molecule has 33 heavy (non-hydrogen) atoms. The normalized spacial score (nSPS) is 18.4. The maximum atomic E-state index is 13.7. The Morgan fingerprint density at radius 3 is 2.15 bits per heavy atom. The van der Waals surface area contributed by atoms with E-state index in [0.717, 1.165) is 16.8 Å². The van der Waals surface area contributed by atoms with Crippen LogP contribution in [0.1, 0.15) is 64.7 Å². The lowest BCUT2D eigenvalue weighted by atomic mass is 9.90. The molecule has 0 spiro atoms. The summed E-state index contributed by atoms with van der Waals surface area (Å²) in [6.45, 7) is 19.9. The van der Waals surface area contributed by atoms with Gasteiger partial charge in [0.1, 0.15) is 0 Å². The van der Waals surface area contributed by atoms with Gasteiger partial charge >= 0.3 is 0 Å². The van der Waals surface area contributed by atoms with E-state index in [2.05, 4.69) is 48.1 Å². The first-order valence-corrected chi connectivity index (χ1v) is 14.1. The standard InChI is InChI=1S/C28H39NO3Si/c1-19(2)33(20(3)4,21(5)6)32-23(8)17-28(31)25-16-22(7)14-15-26(25)29(27(28)30)18-24-12-10-9-11-13-24/h9-16,19-21,31H,8,17-18H2,1-7H3/t28-/m1/s1. The molecule has 1 atom stereocenters. The van der Waals surface area contributed by atoms with Crippen molar-refractivity contribution >= 4 is 19.9 Å². The minimum absolute atomic E-state index is 0.0640. The molecule has 1 heterocycles. The zero-order chi connectivity index (χ0) is 24.6. The van der Waals surface area contributed by atoms with Gasteiger partial charge in [0.05, 0.1) is 18.0 Å². The molecule has 0 bridgehead atoms. The second-order valence-electron chi connectivity index (χ2n) is 10.4. The maximum Gasteiger partial charge on any atom is 0.264 e. The fraction of sp³-hybridized carbons (Fsp3) is 0.464. The Bertz CT molecular complexity index is 993. The highest BCUT2D eigenvalue weighted by atomic mass is 28.4. The van der Waals surface area contributed by atoms with E-state index < -0.39 is 13.9 Å². The van der Waals surface area contributed by atoms with E-state index in [0.29, 0.717) is 34.5 Å². The molecule has 4 nitrogen and oxygen atoms in total. The van der Waals surface area contributed by atoms with E-state index in [1.807, 2.05) is 55.5 Å². The van der Waals surface area contributed by atoms with Gasteiger partial charge < -0.3 is 14.4 Å². The maximum absolute atomic E-state index is 13.7. The smallest absolute Gasteiger partial charge is 0.264 e. The average Bonchev–Trinajstić information content (AvgIpc) is 2.93. The predicted octanol–water partition coefficient (Wildman–Crippen LogP) is 6.83. The third-order valence-electron chi connectivity index (χ3n) is 7.15. The van der Waals surface area contributed by atoms with Crippen molar-refractivity contribution in [3.8, 4) is 0 Å². The first-order valence-electron chi connectivity index (χ1n) is 12.0. The Morgan fingerprint density at radius 1 is 1.03 bits per heavy atom. The van der Waals surface area contributed by atoms with E-state index in [1.54, 1.807) is 4.90 Å². The van der Waals surface area contributed by atoms with E-state index in [9.17, 15) is 9.90 Å². The number of carbonyl (C=O) groups excluding carboxylic acids is 1. The zero-order valence-corrected chi connectivity index (χ0v) is 22.2. The number of aryl methyl sites for hydroxylation is 1. The highest BCUT2D eigenvalue weighted by Crippen LogP contribution is 2.48. The molecule has 0 saturated carbocycles. The topological polar surface area (TPSA) is 49.8 Å². The van der Waals surface area contributed by atoms with Crippen molar-refractivity contribution in [3.63, 3.8) is 0 Å². The summed E-state index contributed by atoms with van der Waals surface area (Å²) >= 11 is 0. The van der Waals surface area contributed by atoms with Crippen LogP contribution in [0.2, 0.25) is 16.6 Å². The number of anilines is 1. The first kappa shape index (κ1) is 25.3. The second kappa shape index (κ2) is 9.47. The van der Waals surface area contributed by atoms with Gasteiger partial charge in [-0.1, -0.05) is 96.1 Å². The largest absolute Gasteiger partial charge is 0.546 e. The summed E-state index contributed by atoms with van der Waals surface area (Å²) in [5, 5.41) is 11.9. The van der Waals surface area contributed by atoms with Gasteiger partial charge in [0, 0.05) is 12.0 Å². The van der Waals surface area contributed by atoms with Crippen molar-refractivity contribution in [2.24, 2.45) is 0 Å². The zero-order valence-electron chi connectivity index (χ0n) is 21.2. The number of aliphatic hydroxyl groups is 1. The lowest BCUT2D eigenvalue weighted by Gasteiger charge is -2.43. The minimum Gasteiger partial charge on any atom is -0.546 e. The first-order chi connectivity index (χ1) is 15.4. The summed E-state index contributed by atoms with van der Waals surface area (Å²) in [6.07, 6.45) is 0.0640. The van der Waals surface area contributed by atoms with Gasteiger partial charge in [-0.15, -0.1) is 0 Å². The van der Waals surface area contributed by atoms with Gasteiger partial charge in [-0.2, -0.15) is 0 Å². The number of amides is 1. The van der Waals surface area contributed by atoms with Crippen LogP contribution in [0.15, 0.2) is 60.9 Å². The van der Waals surface area contributed by atoms with Crippen molar-refractivity contribution in [2.45, 2.75) is 83.7 Å². The molecule has 1 amide bonds. The monoisotopic (exact) mass is 465 g/mol. The molecular weight excluding hydrogens is 426 g/mol. The second-order valence-corrected chi connectivity index (χ2v) is 15.8. The number of rotatable bonds is 9. The number of nitrogens with zero attached hydrogens (tertiary/aromatic N) is 1. The Labute approximate surface area is 200 Å². The van der Waals surface area contributed by atoms with Crippen molar-refractivity contribution < 1.29 is 14.3 Å². The third-order valence-corrected chi connectivity index (χ3v) is 13.2. The Kier molecular flexibility index (Phi) is 7.25. The van der Waals surface area contributed by atoms with Crippen LogP contribution in [-0.2, 0) is 21.4 Å². The molecule has 5 heteroatoms. The number of carbonyl (C=O) groups is 1. The summed E-state index contributed by atoms with van der Waals surface area (Å²) in [4.78, 5) is 15.4. The van der Waals surface area contributed by atoms with Crippen LogP contribution in [0.4, 0.5) is 5.69 Å². The number of fused-ring (bicyclic) bond motifs is 1. The molecule has 2 aromatic rings. The molecule has 1 N–H and O–H groups in total. The molecule has 0 unspecified atom stereocenters. The van der Waals surface area contributed by atoms with Gasteiger partial charge in [-0.25, -0.2) is 0 Å². The lowest BCUT2D eigenvalue weighted by molar-refractivity contribution is -0.136. The summed E-state index contributed by atoms with van der Waals surface area (Å²) in [5.41, 5.74) is 2.87. The van der Waals surface area contributed by atoms with Gasteiger partial charge in [-0.3, -0.25) is 4.79 Å². The van der Waals surface area contributed by atoms with Crippen LogP contribution in [0.3, 0.4) is 0 Å². The van der Waals surface area contributed by atoms with Crippen LogP contribution in [0.25, 0.3) is 0 Å². The number of benzene rings is 2. The summed E-state index contributed by atoms with van der Waals surface area (Å²) < 4.78 is 6.71. The van der Waals surface area contributed by atoms with Gasteiger partial charge in [-0.05, 0) is 35.2 Å². The summed E-state index contributed by atoms with van der Waals surface area (Å²) in [6, 6.07) is 15.7. The Hall–Kier alpha value is -2.37. The predicted molar refractivity (Wildman–Crippen MR) is 139 cm³/mol. The average molecular weight is 466 g/mol. The SMILES string of the molecule is C=C(C[C@]1(O)C(=O)N(Cc2ccccc2)c2ccc(C)cc21)O[Si](C(C)C)(C(C)C)C(C)C. The molecule has 1 aliphatic heterocycles. The number of hydrogen-bond acceptors (Lipinski definition) is 3. The van der Waals surface area contributed by atoms with Gasteiger partial charge in [0.15, 0.2) is 5.60 Å². The Morgan fingerprint density at radius 2 is 1.61 bits per heavy atom. The van der Waals surface area contributed by atoms with Gasteiger partial charge in [0.25, 0.3) is 14.2 Å². The quantitative estimate of drug-likeness (QED) is 0.326. The van der Waals surface area contributed by atoms with Crippen LogP contribution >= 0.6 is 0 Å². The van der Waals surface area contributed by atoms with E-state index in [-0.39, 0.29) is 12.3 Å². The third kappa shape index (κ3) is 4.53. The molecule has 178 valence electrons. The van der Waals surface area contributed by atoms with Crippen molar-refractivity contribution in [3.05, 3.63) is 77.6 Å². The van der Waals surface area contributed by atoms with Crippen LogP contribution in [0.5, 0.6) is 0 Å². The highest BCUT2D eigenvalue weighted by molar-refractivity contribution is 6.77. The summed E-state index contributed by atoms with van der Waals surface area (Å²) in [7, 11) is -2.23. The fourth-order valence-electron chi connectivity index (χ4n) is 5.68. The molecule has 3 rings (SSSR count). The van der Waals surface area contributed by atoms with E-state index in [1.165, 1.54) is 0 Å². The number of hydrogen-bond donors (Lipinski definition) is 1. The molecule has 2 aromatic carbocycles. The van der Waals surface area contributed by atoms with Crippen molar-refractivity contribution in [1.82, 2.24) is 0 Å². The molecule has 0 fully saturated rings. The molecule has 0 aromatic heterocycles. The lowest BCUT2D eigenvalue weighted by Crippen LogP contribution is -2.48. The van der Waals surface area contributed by atoms with Crippen LogP contribution < -0.4 is 4.90 Å². The molecule has 0 saturated heterocycles. The van der Waals surface area contributed by atoms with E-state index in [4.69, 9.17) is 4.43 Å². The van der Waals surface area contributed by atoms with Gasteiger partial charge in [0.2, 0.25) is 0 Å². The molecule has 0 radical (unpaired) electrons. The Balaban J connectivity index is 1.96. The minimum atomic E-state index is -2.23. The van der Waals surface area contributed by atoms with Crippen molar-refractivity contribution in [1.29, 1.82) is 0 Å². The highest BCUT2D eigenvalue weighted by Gasteiger charge is 2.52. The fourth-order valence-corrected chi connectivity index (χ4v) is 11.0. The molecular formula is C28H39NO3Si. The van der Waals surface area contributed by atoms with Crippen molar-refractivity contribution in [2.75, 3.05) is 4.90 Å².